The van der Waals surface area contributed by atoms with Crippen LogP contribution in [0.4, 0.5) is 4.79 Å². The van der Waals surface area contributed by atoms with Crippen molar-refractivity contribution in [1.29, 1.82) is 0 Å². The number of hydrogen-bond acceptors (Lipinski definition) is 1. The maximum absolute atomic E-state index is 12.0. The third kappa shape index (κ3) is 3.69. The summed E-state index contributed by atoms with van der Waals surface area (Å²) in [6, 6.07) is 0.314. The molecule has 0 spiro atoms. The van der Waals surface area contributed by atoms with Crippen LogP contribution >= 0.6 is 0 Å². The van der Waals surface area contributed by atoms with Crippen LogP contribution in [-0.4, -0.2) is 30.1 Å². The molecule has 3 heteroatoms. The highest BCUT2D eigenvalue weighted by molar-refractivity contribution is 5.74. The molecule has 1 N–H and O–H groups in total. The highest BCUT2D eigenvalue weighted by Crippen LogP contribution is 2.20. The lowest BCUT2D eigenvalue weighted by molar-refractivity contribution is 0.162. The Kier molecular flexibility index (Phi) is 4.22. The summed E-state index contributed by atoms with van der Waals surface area (Å²) < 4.78 is 0. The molecule has 1 fully saturated rings. The molecule has 0 saturated carbocycles. The van der Waals surface area contributed by atoms with Gasteiger partial charge in [0.25, 0.3) is 0 Å². The van der Waals surface area contributed by atoms with E-state index in [1.54, 1.807) is 0 Å². The number of carbonyl (C=O) groups excluding carboxylic acids is 1. The molecule has 16 heavy (non-hydrogen) atoms. The van der Waals surface area contributed by atoms with Gasteiger partial charge in [-0.2, -0.15) is 0 Å². The second kappa shape index (κ2) is 5.07. The van der Waals surface area contributed by atoms with Gasteiger partial charge in [-0.25, -0.2) is 4.79 Å². The maximum Gasteiger partial charge on any atom is 0.317 e. The van der Waals surface area contributed by atoms with Crippen molar-refractivity contribution in [3.63, 3.8) is 0 Å². The maximum atomic E-state index is 12.0. The van der Waals surface area contributed by atoms with Gasteiger partial charge in [0.2, 0.25) is 0 Å². The van der Waals surface area contributed by atoms with E-state index in [2.05, 4.69) is 39.9 Å². The van der Waals surface area contributed by atoms with E-state index in [0.29, 0.717) is 0 Å². The van der Waals surface area contributed by atoms with Crippen LogP contribution in [-0.2, 0) is 0 Å². The third-order valence-corrected chi connectivity index (χ3v) is 3.71. The Morgan fingerprint density at radius 1 is 1.31 bits per heavy atom. The van der Waals surface area contributed by atoms with Crippen LogP contribution < -0.4 is 5.32 Å². The van der Waals surface area contributed by atoms with Crippen molar-refractivity contribution < 1.29 is 4.79 Å². The van der Waals surface area contributed by atoms with Gasteiger partial charge in [-0.3, -0.25) is 0 Å². The summed E-state index contributed by atoms with van der Waals surface area (Å²) >= 11 is 0. The van der Waals surface area contributed by atoms with Gasteiger partial charge in [0.15, 0.2) is 0 Å². The van der Waals surface area contributed by atoms with E-state index < -0.39 is 0 Å². The van der Waals surface area contributed by atoms with Gasteiger partial charge in [0.1, 0.15) is 0 Å². The smallest absolute Gasteiger partial charge is 0.317 e. The SMILES string of the molecule is CC1CCN(C(=O)NC(C)C(C)(C)C)CC1. The summed E-state index contributed by atoms with van der Waals surface area (Å²) in [7, 11) is 0. The number of carbonyl (C=O) groups is 1. The van der Waals surface area contributed by atoms with Gasteiger partial charge in [-0.1, -0.05) is 27.7 Å². The quantitative estimate of drug-likeness (QED) is 0.732. The molecular formula is C13H26N2O. The molecule has 1 unspecified atom stereocenters. The van der Waals surface area contributed by atoms with Crippen molar-refractivity contribution in [2.75, 3.05) is 13.1 Å². The van der Waals surface area contributed by atoms with Crippen molar-refractivity contribution in [2.45, 2.75) is 53.5 Å². The monoisotopic (exact) mass is 226 g/mol. The summed E-state index contributed by atoms with van der Waals surface area (Å²) in [5, 5.41) is 3.09. The van der Waals surface area contributed by atoms with E-state index in [9.17, 15) is 4.79 Å². The van der Waals surface area contributed by atoms with Crippen LogP contribution in [0.25, 0.3) is 0 Å². The van der Waals surface area contributed by atoms with E-state index in [4.69, 9.17) is 0 Å². The van der Waals surface area contributed by atoms with Gasteiger partial charge in [0, 0.05) is 19.1 Å². The first-order chi connectivity index (χ1) is 7.30. The number of likely N-dealkylation sites (tertiary alicyclic amines) is 1. The van der Waals surface area contributed by atoms with E-state index >= 15 is 0 Å². The fourth-order valence-electron chi connectivity index (χ4n) is 1.70. The third-order valence-electron chi connectivity index (χ3n) is 3.71. The second-order valence-electron chi connectivity index (χ2n) is 6.21. The molecule has 1 saturated heterocycles. The summed E-state index contributed by atoms with van der Waals surface area (Å²) in [5.74, 6) is 0.768. The number of nitrogens with zero attached hydrogens (tertiary/aromatic N) is 1. The molecule has 0 bridgehead atoms. The first-order valence-electron chi connectivity index (χ1n) is 6.36. The first kappa shape index (κ1) is 13.3. The molecule has 3 nitrogen and oxygen atoms in total. The molecular weight excluding hydrogens is 200 g/mol. The zero-order chi connectivity index (χ0) is 12.3. The Hall–Kier alpha value is -0.730. The standard InChI is InChI=1S/C13H26N2O/c1-10-6-8-15(9-7-10)12(16)14-11(2)13(3,4)5/h10-11H,6-9H2,1-5H3,(H,14,16). The molecule has 0 aromatic carbocycles. The summed E-state index contributed by atoms with van der Waals surface area (Å²) in [5.41, 5.74) is 0.124. The fourth-order valence-corrected chi connectivity index (χ4v) is 1.70. The van der Waals surface area contributed by atoms with Crippen molar-refractivity contribution in [3.05, 3.63) is 0 Å². The van der Waals surface area contributed by atoms with Crippen molar-refractivity contribution >= 4 is 6.03 Å². The van der Waals surface area contributed by atoms with Crippen LogP contribution in [0.5, 0.6) is 0 Å². The number of piperidine rings is 1. The Morgan fingerprint density at radius 2 is 1.81 bits per heavy atom. The van der Waals surface area contributed by atoms with Gasteiger partial charge >= 0.3 is 6.03 Å². The van der Waals surface area contributed by atoms with Crippen LogP contribution in [0, 0.1) is 11.3 Å². The lowest BCUT2D eigenvalue weighted by Gasteiger charge is -2.34. The van der Waals surface area contributed by atoms with Crippen LogP contribution in [0.3, 0.4) is 0 Å². The van der Waals surface area contributed by atoms with Crippen LogP contribution in [0.2, 0.25) is 0 Å². The number of nitrogens with one attached hydrogen (secondary N) is 1. The van der Waals surface area contributed by atoms with Crippen molar-refractivity contribution in [2.24, 2.45) is 11.3 Å². The van der Waals surface area contributed by atoms with Gasteiger partial charge in [-0.05, 0) is 31.1 Å². The van der Waals surface area contributed by atoms with Gasteiger partial charge in [-0.15, -0.1) is 0 Å². The average molecular weight is 226 g/mol. The lowest BCUT2D eigenvalue weighted by Crippen LogP contribution is -2.50. The Labute approximate surface area is 99.6 Å². The topological polar surface area (TPSA) is 32.3 Å². The Balaban J connectivity index is 2.41. The minimum absolute atomic E-state index is 0.106. The highest BCUT2D eigenvalue weighted by Gasteiger charge is 2.25. The predicted molar refractivity (Wildman–Crippen MR) is 67.4 cm³/mol. The van der Waals surface area contributed by atoms with Gasteiger partial charge < -0.3 is 10.2 Å². The molecule has 1 atom stereocenters. The van der Waals surface area contributed by atoms with Crippen molar-refractivity contribution in [1.82, 2.24) is 10.2 Å². The summed E-state index contributed by atoms with van der Waals surface area (Å²) in [6.45, 7) is 12.6. The van der Waals surface area contributed by atoms with E-state index in [1.807, 2.05) is 4.90 Å². The fraction of sp³-hybridized carbons (Fsp3) is 0.923. The zero-order valence-corrected chi connectivity index (χ0v) is 11.3. The second-order valence-corrected chi connectivity index (χ2v) is 6.21. The number of amides is 2. The minimum Gasteiger partial charge on any atom is -0.335 e. The Bertz CT molecular complexity index is 237. The zero-order valence-electron chi connectivity index (χ0n) is 11.3. The van der Waals surface area contributed by atoms with Gasteiger partial charge in [0.05, 0.1) is 0 Å². The molecule has 94 valence electrons. The normalized spacial score (nSPS) is 20.7. The Morgan fingerprint density at radius 3 is 2.25 bits per heavy atom. The molecule has 1 heterocycles. The van der Waals surface area contributed by atoms with E-state index in [0.717, 1.165) is 31.8 Å². The summed E-state index contributed by atoms with van der Waals surface area (Å²) in [4.78, 5) is 13.9. The molecule has 2 amide bonds. The largest absolute Gasteiger partial charge is 0.335 e. The molecule has 0 aliphatic carbocycles. The predicted octanol–water partition coefficient (Wildman–Crippen LogP) is 2.86. The lowest BCUT2D eigenvalue weighted by atomic mass is 9.88. The molecule has 1 rings (SSSR count). The van der Waals surface area contributed by atoms with Crippen LogP contribution in [0.1, 0.15) is 47.5 Å². The van der Waals surface area contributed by atoms with Crippen molar-refractivity contribution in [3.8, 4) is 0 Å². The molecule has 0 radical (unpaired) electrons. The molecule has 0 aromatic heterocycles. The molecule has 1 aliphatic rings. The first-order valence-corrected chi connectivity index (χ1v) is 6.36. The molecule has 0 aromatic rings. The van der Waals surface area contributed by atoms with E-state index in [1.165, 1.54) is 0 Å². The summed E-state index contributed by atoms with van der Waals surface area (Å²) in [6.07, 6.45) is 2.27. The van der Waals surface area contributed by atoms with Crippen LogP contribution in [0.15, 0.2) is 0 Å². The molecule has 1 aliphatic heterocycles. The highest BCUT2D eigenvalue weighted by atomic mass is 16.2. The minimum atomic E-state index is 0.106. The average Bonchev–Trinajstić information content (AvgIpc) is 2.17. The number of rotatable bonds is 1. The van der Waals surface area contributed by atoms with E-state index in [-0.39, 0.29) is 17.5 Å². The number of hydrogen-bond donors (Lipinski definition) is 1. The number of urea groups is 1.